The lowest BCUT2D eigenvalue weighted by atomic mass is 9.93. The fourth-order valence-electron chi connectivity index (χ4n) is 3.57. The largest absolute Gasteiger partial charge is 0.389 e. The van der Waals surface area contributed by atoms with Gasteiger partial charge >= 0.3 is 0 Å². The number of aliphatic hydroxyl groups is 1. The van der Waals surface area contributed by atoms with Crippen molar-refractivity contribution in [3.05, 3.63) is 0 Å². The van der Waals surface area contributed by atoms with Crippen molar-refractivity contribution in [3.63, 3.8) is 0 Å². The van der Waals surface area contributed by atoms with E-state index in [1.807, 2.05) is 0 Å². The molecule has 0 spiro atoms. The second kappa shape index (κ2) is 7.61. The number of hydrogen-bond donors (Lipinski definition) is 2. The molecule has 3 nitrogen and oxygen atoms in total. The summed E-state index contributed by atoms with van der Waals surface area (Å²) in [6, 6.07) is 0.625. The van der Waals surface area contributed by atoms with E-state index < -0.39 is 5.60 Å². The molecule has 0 aromatic rings. The monoisotopic (exact) mass is 268 g/mol. The zero-order chi connectivity index (χ0) is 13.6. The van der Waals surface area contributed by atoms with Crippen molar-refractivity contribution in [2.24, 2.45) is 0 Å². The van der Waals surface area contributed by atoms with Gasteiger partial charge in [-0.05, 0) is 51.7 Å². The molecule has 2 rings (SSSR count). The van der Waals surface area contributed by atoms with Crippen LogP contribution in [-0.4, -0.2) is 47.8 Å². The molecule has 0 unspecified atom stereocenters. The number of piperidine rings is 1. The highest BCUT2D eigenvalue weighted by atomic mass is 16.3. The molecular formula is C16H32N2O. The first kappa shape index (κ1) is 15.3. The van der Waals surface area contributed by atoms with Crippen LogP contribution in [-0.2, 0) is 0 Å². The predicted octanol–water partition coefficient (Wildman–Crippen LogP) is 2.54. The minimum atomic E-state index is -0.420. The molecule has 0 radical (unpaired) electrons. The highest BCUT2D eigenvalue weighted by molar-refractivity contribution is 4.86. The fraction of sp³-hybridized carbons (Fsp3) is 1.00. The topological polar surface area (TPSA) is 35.5 Å². The third-order valence-electron chi connectivity index (χ3n) is 4.88. The maximum atomic E-state index is 10.6. The smallest absolute Gasteiger partial charge is 0.0771 e. The lowest BCUT2D eigenvalue weighted by Gasteiger charge is -2.35. The minimum absolute atomic E-state index is 0.420. The van der Waals surface area contributed by atoms with Gasteiger partial charge in [0.05, 0.1) is 5.60 Å². The molecule has 1 saturated heterocycles. The van der Waals surface area contributed by atoms with Crippen LogP contribution in [0.1, 0.15) is 64.7 Å². The first-order valence-electron chi connectivity index (χ1n) is 8.40. The van der Waals surface area contributed by atoms with Crippen LogP contribution < -0.4 is 5.32 Å². The molecule has 1 saturated carbocycles. The second-order valence-corrected chi connectivity index (χ2v) is 6.64. The summed E-state index contributed by atoms with van der Waals surface area (Å²) in [5.41, 5.74) is -0.420. The molecule has 1 aliphatic carbocycles. The van der Waals surface area contributed by atoms with Gasteiger partial charge in [-0.2, -0.15) is 0 Å². The van der Waals surface area contributed by atoms with E-state index in [0.717, 1.165) is 19.4 Å². The van der Waals surface area contributed by atoms with Gasteiger partial charge in [-0.25, -0.2) is 0 Å². The molecule has 0 atom stereocenters. The van der Waals surface area contributed by atoms with Gasteiger partial charge in [-0.1, -0.05) is 32.6 Å². The predicted molar refractivity (Wildman–Crippen MR) is 80.4 cm³/mol. The van der Waals surface area contributed by atoms with E-state index >= 15 is 0 Å². The van der Waals surface area contributed by atoms with Gasteiger partial charge in [-0.15, -0.1) is 0 Å². The fourth-order valence-corrected chi connectivity index (χ4v) is 3.57. The SMILES string of the molecule is CCCN1CCC(NCC2(O)CCCCCC2)CC1. The Morgan fingerprint density at radius 1 is 1.11 bits per heavy atom. The molecule has 2 N–H and O–H groups in total. The molecule has 0 amide bonds. The first-order chi connectivity index (χ1) is 9.22. The molecule has 112 valence electrons. The average Bonchev–Trinajstić information content (AvgIpc) is 2.64. The summed E-state index contributed by atoms with van der Waals surface area (Å²) in [7, 11) is 0. The van der Waals surface area contributed by atoms with Gasteiger partial charge in [0, 0.05) is 12.6 Å². The van der Waals surface area contributed by atoms with E-state index in [2.05, 4.69) is 17.1 Å². The Morgan fingerprint density at radius 2 is 1.74 bits per heavy atom. The highest BCUT2D eigenvalue weighted by Crippen LogP contribution is 2.26. The summed E-state index contributed by atoms with van der Waals surface area (Å²) in [4.78, 5) is 2.57. The third kappa shape index (κ3) is 5.05. The van der Waals surface area contributed by atoms with Crippen molar-refractivity contribution in [3.8, 4) is 0 Å². The maximum Gasteiger partial charge on any atom is 0.0771 e. The standard InChI is InChI=1S/C16H32N2O/c1-2-11-18-12-7-15(8-13-18)17-14-16(19)9-5-3-4-6-10-16/h15,17,19H,2-14H2,1H3. The van der Waals surface area contributed by atoms with Crippen molar-refractivity contribution in [1.82, 2.24) is 10.2 Å². The van der Waals surface area contributed by atoms with E-state index in [-0.39, 0.29) is 0 Å². The summed E-state index contributed by atoms with van der Waals surface area (Å²) < 4.78 is 0. The quantitative estimate of drug-likeness (QED) is 0.752. The molecule has 19 heavy (non-hydrogen) atoms. The molecule has 2 aliphatic rings. The first-order valence-corrected chi connectivity index (χ1v) is 8.40. The Labute approximate surface area is 118 Å². The van der Waals surface area contributed by atoms with E-state index in [9.17, 15) is 5.11 Å². The van der Waals surface area contributed by atoms with Crippen LogP contribution in [0.3, 0.4) is 0 Å². The van der Waals surface area contributed by atoms with Gasteiger partial charge < -0.3 is 15.3 Å². The summed E-state index contributed by atoms with van der Waals surface area (Å²) in [6.45, 7) is 6.77. The maximum absolute atomic E-state index is 10.6. The number of nitrogens with one attached hydrogen (secondary N) is 1. The lowest BCUT2D eigenvalue weighted by Crippen LogP contribution is -2.48. The van der Waals surface area contributed by atoms with Crippen molar-refractivity contribution in [1.29, 1.82) is 0 Å². The Morgan fingerprint density at radius 3 is 2.32 bits per heavy atom. The Balaban J connectivity index is 1.68. The molecule has 1 aliphatic heterocycles. The number of hydrogen-bond acceptors (Lipinski definition) is 3. The minimum Gasteiger partial charge on any atom is -0.389 e. The molecule has 0 aromatic carbocycles. The molecule has 0 bridgehead atoms. The van der Waals surface area contributed by atoms with Crippen LogP contribution in [0.25, 0.3) is 0 Å². The van der Waals surface area contributed by atoms with Gasteiger partial charge in [0.25, 0.3) is 0 Å². The summed E-state index contributed by atoms with van der Waals surface area (Å²) in [6.07, 6.45) is 10.8. The van der Waals surface area contributed by atoms with E-state index in [4.69, 9.17) is 0 Å². The molecular weight excluding hydrogens is 236 g/mol. The van der Waals surface area contributed by atoms with Crippen molar-refractivity contribution in [2.75, 3.05) is 26.2 Å². The zero-order valence-electron chi connectivity index (χ0n) is 12.7. The Kier molecular flexibility index (Phi) is 6.11. The number of likely N-dealkylation sites (tertiary alicyclic amines) is 1. The lowest BCUT2D eigenvalue weighted by molar-refractivity contribution is 0.0203. The Hall–Kier alpha value is -0.120. The average molecular weight is 268 g/mol. The molecule has 0 aromatic heterocycles. The van der Waals surface area contributed by atoms with Crippen LogP contribution in [0.15, 0.2) is 0 Å². The van der Waals surface area contributed by atoms with E-state index in [1.54, 1.807) is 0 Å². The van der Waals surface area contributed by atoms with Gasteiger partial charge in [0.2, 0.25) is 0 Å². The molecule has 2 fully saturated rings. The molecule has 1 heterocycles. The van der Waals surface area contributed by atoms with E-state index in [0.29, 0.717) is 6.04 Å². The third-order valence-corrected chi connectivity index (χ3v) is 4.88. The van der Waals surface area contributed by atoms with Gasteiger partial charge in [0.1, 0.15) is 0 Å². The van der Waals surface area contributed by atoms with Crippen LogP contribution in [0.5, 0.6) is 0 Å². The van der Waals surface area contributed by atoms with E-state index in [1.165, 1.54) is 64.6 Å². The van der Waals surface area contributed by atoms with Crippen molar-refractivity contribution in [2.45, 2.75) is 76.4 Å². The van der Waals surface area contributed by atoms with Crippen LogP contribution in [0.2, 0.25) is 0 Å². The van der Waals surface area contributed by atoms with Gasteiger partial charge in [-0.3, -0.25) is 0 Å². The summed E-state index contributed by atoms with van der Waals surface area (Å²) in [5, 5.41) is 14.3. The van der Waals surface area contributed by atoms with Crippen molar-refractivity contribution >= 4 is 0 Å². The van der Waals surface area contributed by atoms with Crippen LogP contribution in [0, 0.1) is 0 Å². The summed E-state index contributed by atoms with van der Waals surface area (Å²) in [5.74, 6) is 0. The second-order valence-electron chi connectivity index (χ2n) is 6.64. The summed E-state index contributed by atoms with van der Waals surface area (Å²) >= 11 is 0. The van der Waals surface area contributed by atoms with Gasteiger partial charge in [0.15, 0.2) is 0 Å². The number of nitrogens with zero attached hydrogens (tertiary/aromatic N) is 1. The highest BCUT2D eigenvalue weighted by Gasteiger charge is 2.29. The number of rotatable bonds is 5. The Bertz CT molecular complexity index is 241. The zero-order valence-corrected chi connectivity index (χ0v) is 12.7. The normalized spacial score (nSPS) is 26.2. The van der Waals surface area contributed by atoms with Crippen LogP contribution >= 0.6 is 0 Å². The van der Waals surface area contributed by atoms with Crippen LogP contribution in [0.4, 0.5) is 0 Å². The molecule has 3 heteroatoms. The van der Waals surface area contributed by atoms with Crippen molar-refractivity contribution < 1.29 is 5.11 Å².